The predicted octanol–water partition coefficient (Wildman–Crippen LogP) is 3.36. The van der Waals surface area contributed by atoms with Crippen molar-refractivity contribution >= 4 is 23.0 Å². The van der Waals surface area contributed by atoms with Gasteiger partial charge in [-0.05, 0) is 43.9 Å². The van der Waals surface area contributed by atoms with Crippen LogP contribution in [0.3, 0.4) is 0 Å². The molecule has 25 heavy (non-hydrogen) atoms. The zero-order chi connectivity index (χ0) is 17.8. The van der Waals surface area contributed by atoms with Crippen molar-refractivity contribution in [2.75, 3.05) is 13.1 Å². The lowest BCUT2D eigenvalue weighted by molar-refractivity contribution is -0.117. The molecule has 1 saturated heterocycles. The highest BCUT2D eigenvalue weighted by atomic mass is 32.1. The highest BCUT2D eigenvalue weighted by Crippen LogP contribution is 2.30. The van der Waals surface area contributed by atoms with Crippen molar-refractivity contribution in [2.45, 2.75) is 32.1 Å². The second kappa shape index (κ2) is 7.58. The molecule has 1 unspecified atom stereocenters. The van der Waals surface area contributed by atoms with Gasteiger partial charge in [0, 0.05) is 13.1 Å². The number of hydrogen-bond donors (Lipinski definition) is 0. The number of amides is 1. The molecule has 1 fully saturated rings. The number of benzene rings is 1. The lowest BCUT2D eigenvalue weighted by Crippen LogP contribution is -2.35. The summed E-state index contributed by atoms with van der Waals surface area (Å²) in [5.41, 5.74) is 1.24. The Hall–Kier alpha value is -2.52. The molecule has 0 aliphatic carbocycles. The van der Waals surface area contributed by atoms with Crippen molar-refractivity contribution in [1.82, 2.24) is 9.88 Å². The first-order valence-corrected chi connectivity index (χ1v) is 9.17. The first kappa shape index (κ1) is 17.3. The number of piperidine rings is 1. The zero-order valence-corrected chi connectivity index (χ0v) is 14.9. The summed E-state index contributed by atoms with van der Waals surface area (Å²) in [6.07, 6.45) is 4.81. The summed E-state index contributed by atoms with van der Waals surface area (Å²) in [5, 5.41) is 9.68. The molecule has 128 valence electrons. The summed E-state index contributed by atoms with van der Waals surface area (Å²) in [4.78, 5) is 31.6. The molecular weight excluding hydrogens is 334 g/mol. The van der Waals surface area contributed by atoms with E-state index in [4.69, 9.17) is 5.26 Å². The molecule has 1 aliphatic heterocycles. The number of aromatic nitrogens is 1. The minimum Gasteiger partial charge on any atom is -0.338 e. The van der Waals surface area contributed by atoms with Crippen LogP contribution in [-0.2, 0) is 4.79 Å². The Balaban J connectivity index is 1.88. The molecule has 1 aromatic carbocycles. The molecular formula is C19H19N3O2S. The summed E-state index contributed by atoms with van der Waals surface area (Å²) < 4.78 is 0. The van der Waals surface area contributed by atoms with Gasteiger partial charge in [0.15, 0.2) is 0 Å². The van der Waals surface area contributed by atoms with Gasteiger partial charge < -0.3 is 4.90 Å². The first-order valence-electron chi connectivity index (χ1n) is 8.35. The van der Waals surface area contributed by atoms with E-state index in [1.54, 1.807) is 24.4 Å². The second-order valence-electron chi connectivity index (χ2n) is 6.20. The van der Waals surface area contributed by atoms with E-state index >= 15 is 0 Å². The number of thiazole rings is 1. The van der Waals surface area contributed by atoms with E-state index < -0.39 is 5.92 Å². The van der Waals surface area contributed by atoms with Crippen LogP contribution in [0, 0.1) is 11.3 Å². The number of rotatable bonds is 4. The molecule has 6 heteroatoms. The van der Waals surface area contributed by atoms with Gasteiger partial charge in [0.1, 0.15) is 15.7 Å². The highest BCUT2D eigenvalue weighted by Gasteiger charge is 2.26. The number of hydrogen-bond acceptors (Lipinski definition) is 5. The Labute approximate surface area is 150 Å². The average Bonchev–Trinajstić information content (AvgIpc) is 3.11. The smallest absolute Gasteiger partial charge is 0.265 e. The van der Waals surface area contributed by atoms with Crippen molar-refractivity contribution in [2.24, 2.45) is 0 Å². The number of carbonyl (C=O) groups is 2. The van der Waals surface area contributed by atoms with E-state index in [9.17, 15) is 9.59 Å². The fraction of sp³-hybridized carbons (Fsp3) is 0.368. The van der Waals surface area contributed by atoms with Crippen molar-refractivity contribution in [1.29, 1.82) is 5.26 Å². The topological polar surface area (TPSA) is 74.1 Å². The van der Waals surface area contributed by atoms with Gasteiger partial charge in [0.05, 0.1) is 23.7 Å². The van der Waals surface area contributed by atoms with Crippen LogP contribution < -0.4 is 0 Å². The molecule has 1 atom stereocenters. The van der Waals surface area contributed by atoms with Gasteiger partial charge >= 0.3 is 0 Å². The van der Waals surface area contributed by atoms with Crippen molar-refractivity contribution in [3.8, 4) is 6.07 Å². The van der Waals surface area contributed by atoms with E-state index in [0.717, 1.165) is 31.5 Å². The molecule has 0 radical (unpaired) electrons. The van der Waals surface area contributed by atoms with Crippen LogP contribution in [0.15, 0.2) is 30.5 Å². The van der Waals surface area contributed by atoms with E-state index in [0.29, 0.717) is 15.4 Å². The van der Waals surface area contributed by atoms with Crippen LogP contribution in [0.1, 0.15) is 57.9 Å². The second-order valence-corrected chi connectivity index (χ2v) is 7.26. The lowest BCUT2D eigenvalue weighted by Gasteiger charge is -2.25. The van der Waals surface area contributed by atoms with Crippen molar-refractivity contribution in [3.05, 3.63) is 51.5 Å². The van der Waals surface area contributed by atoms with Crippen molar-refractivity contribution < 1.29 is 9.59 Å². The van der Waals surface area contributed by atoms with Crippen LogP contribution in [0.5, 0.6) is 0 Å². The van der Waals surface area contributed by atoms with Gasteiger partial charge in [-0.25, -0.2) is 4.98 Å². The maximum atomic E-state index is 12.6. The average molecular weight is 353 g/mol. The number of nitriles is 1. The van der Waals surface area contributed by atoms with E-state index in [-0.39, 0.29) is 11.7 Å². The van der Waals surface area contributed by atoms with Crippen LogP contribution in [0.25, 0.3) is 0 Å². The predicted molar refractivity (Wildman–Crippen MR) is 95.5 cm³/mol. The molecule has 0 N–H and O–H groups in total. The Morgan fingerprint density at radius 1 is 1.28 bits per heavy atom. The first-order chi connectivity index (χ1) is 12.1. The monoisotopic (exact) mass is 353 g/mol. The summed E-state index contributed by atoms with van der Waals surface area (Å²) in [6.45, 7) is 3.08. The number of ketones is 1. The van der Waals surface area contributed by atoms with E-state index in [2.05, 4.69) is 11.1 Å². The molecule has 1 aromatic heterocycles. The summed E-state index contributed by atoms with van der Waals surface area (Å²) >= 11 is 1.27. The van der Waals surface area contributed by atoms with Gasteiger partial charge in [-0.15, -0.1) is 11.3 Å². The molecule has 2 heterocycles. The summed E-state index contributed by atoms with van der Waals surface area (Å²) in [5.74, 6) is -0.598. The van der Waals surface area contributed by atoms with E-state index in [1.807, 2.05) is 11.0 Å². The third-order valence-electron chi connectivity index (χ3n) is 4.38. The third-order valence-corrected chi connectivity index (χ3v) is 5.43. The van der Waals surface area contributed by atoms with Crippen LogP contribution >= 0.6 is 11.3 Å². The Morgan fingerprint density at radius 2 is 2.04 bits per heavy atom. The molecule has 0 spiro atoms. The minimum atomic E-state index is -0.541. The maximum Gasteiger partial charge on any atom is 0.265 e. The van der Waals surface area contributed by atoms with Gasteiger partial charge in [-0.3, -0.25) is 9.59 Å². The van der Waals surface area contributed by atoms with Gasteiger partial charge in [-0.2, -0.15) is 5.26 Å². The Bertz CT molecular complexity index is 831. The number of likely N-dealkylation sites (tertiary alicyclic amines) is 1. The highest BCUT2D eigenvalue weighted by molar-refractivity contribution is 7.13. The van der Waals surface area contributed by atoms with Gasteiger partial charge in [0.25, 0.3) is 5.91 Å². The molecule has 1 aliphatic rings. The maximum absolute atomic E-state index is 12.6. The molecule has 0 saturated carbocycles. The number of carbonyl (C=O) groups excluding carboxylic acids is 2. The quantitative estimate of drug-likeness (QED) is 0.845. The third kappa shape index (κ3) is 3.77. The van der Waals surface area contributed by atoms with Crippen LogP contribution in [0.4, 0.5) is 0 Å². The Kier molecular flexibility index (Phi) is 5.25. The number of nitrogens with zero attached hydrogens (tertiary/aromatic N) is 3. The lowest BCUT2D eigenvalue weighted by atomic mass is 9.95. The van der Waals surface area contributed by atoms with Crippen LogP contribution in [-0.4, -0.2) is 34.7 Å². The molecule has 2 aromatic rings. The summed E-state index contributed by atoms with van der Waals surface area (Å²) in [7, 11) is 0. The normalized spacial score (nSPS) is 15.4. The molecule has 1 amide bonds. The fourth-order valence-corrected chi connectivity index (χ4v) is 4.18. The largest absolute Gasteiger partial charge is 0.338 e. The standard InChI is InChI=1S/C19H19N3O2S/c1-13(23)17(15-7-5-6-14(10-15)11-20)18-21-12-16(25-18)19(24)22-8-3-2-4-9-22/h5-7,10,12,17H,2-4,8-9H2,1H3. The fourth-order valence-electron chi connectivity index (χ4n) is 3.11. The molecule has 0 bridgehead atoms. The van der Waals surface area contributed by atoms with Crippen LogP contribution in [0.2, 0.25) is 0 Å². The SMILES string of the molecule is CC(=O)C(c1cccc(C#N)c1)c1ncc(C(=O)N2CCCCC2)s1. The van der Waals surface area contributed by atoms with Gasteiger partial charge in [-0.1, -0.05) is 12.1 Å². The zero-order valence-electron chi connectivity index (χ0n) is 14.1. The number of Topliss-reactive ketones (excluding diaryl/α,β-unsaturated/α-hetero) is 1. The minimum absolute atomic E-state index is 0.00322. The van der Waals surface area contributed by atoms with E-state index in [1.165, 1.54) is 24.7 Å². The summed E-state index contributed by atoms with van der Waals surface area (Å²) in [6, 6.07) is 9.08. The molecule has 3 rings (SSSR count). The van der Waals surface area contributed by atoms with Crippen molar-refractivity contribution in [3.63, 3.8) is 0 Å². The van der Waals surface area contributed by atoms with Gasteiger partial charge in [0.2, 0.25) is 0 Å². The Morgan fingerprint density at radius 3 is 2.72 bits per heavy atom. The molecule has 5 nitrogen and oxygen atoms in total.